The molecule has 0 unspecified atom stereocenters. The highest BCUT2D eigenvalue weighted by molar-refractivity contribution is 5.34. The van der Waals surface area contributed by atoms with Gasteiger partial charge in [-0.25, -0.2) is 0 Å². The molecule has 1 aromatic heterocycles. The monoisotopic (exact) mass is 146 g/mol. The second-order valence-electron chi connectivity index (χ2n) is 2.39. The van der Waals surface area contributed by atoms with Gasteiger partial charge in [-0.2, -0.15) is 5.26 Å². The lowest BCUT2D eigenvalue weighted by atomic mass is 10.1. The largest absolute Gasteiger partial charge is 0.263 e. The highest BCUT2D eigenvalue weighted by atomic mass is 14.6. The van der Waals surface area contributed by atoms with E-state index in [1.807, 2.05) is 6.07 Å². The smallest absolute Gasteiger partial charge is 0.101 e. The van der Waals surface area contributed by atoms with E-state index in [-0.39, 0.29) is 0 Å². The zero-order valence-corrected chi connectivity index (χ0v) is 6.54. The van der Waals surface area contributed by atoms with Gasteiger partial charge < -0.3 is 0 Å². The van der Waals surface area contributed by atoms with Gasteiger partial charge in [-0.1, -0.05) is 13.3 Å². The molecule has 0 radical (unpaired) electrons. The van der Waals surface area contributed by atoms with Crippen LogP contribution in [0.4, 0.5) is 0 Å². The number of nitrogens with zero attached hydrogens (tertiary/aromatic N) is 2. The summed E-state index contributed by atoms with van der Waals surface area (Å²) in [5.41, 5.74) is 1.80. The Balaban J connectivity index is 2.95. The highest BCUT2D eigenvalue weighted by Crippen LogP contribution is 2.07. The molecule has 0 saturated carbocycles. The quantitative estimate of drug-likeness (QED) is 0.639. The first kappa shape index (κ1) is 7.74. The molecule has 1 heterocycles. The highest BCUT2D eigenvalue weighted by Gasteiger charge is 1.97. The maximum atomic E-state index is 8.66. The molecule has 0 aromatic carbocycles. The van der Waals surface area contributed by atoms with Crippen LogP contribution in [0, 0.1) is 11.3 Å². The van der Waals surface area contributed by atoms with Crippen molar-refractivity contribution in [3.8, 4) is 6.07 Å². The molecule has 11 heavy (non-hydrogen) atoms. The third-order valence-electron chi connectivity index (χ3n) is 1.55. The Hall–Kier alpha value is -1.36. The number of hydrogen-bond donors (Lipinski definition) is 0. The lowest BCUT2D eigenvalue weighted by molar-refractivity contribution is 0.914. The fourth-order valence-corrected chi connectivity index (χ4v) is 1.01. The van der Waals surface area contributed by atoms with Crippen molar-refractivity contribution in [1.82, 2.24) is 4.98 Å². The molecule has 0 fully saturated rings. The molecule has 2 heteroatoms. The molecular weight excluding hydrogens is 136 g/mol. The first-order valence-electron chi connectivity index (χ1n) is 3.71. The van der Waals surface area contributed by atoms with Gasteiger partial charge in [0.25, 0.3) is 0 Å². The van der Waals surface area contributed by atoms with Crippen molar-refractivity contribution in [3.63, 3.8) is 0 Å². The third kappa shape index (κ3) is 1.78. The lowest BCUT2D eigenvalue weighted by Crippen LogP contribution is -1.89. The van der Waals surface area contributed by atoms with Gasteiger partial charge in [-0.15, -0.1) is 0 Å². The van der Waals surface area contributed by atoms with Crippen LogP contribution in [0.1, 0.15) is 24.5 Å². The average Bonchev–Trinajstić information content (AvgIpc) is 2.06. The van der Waals surface area contributed by atoms with E-state index in [2.05, 4.69) is 18.0 Å². The van der Waals surface area contributed by atoms with E-state index in [9.17, 15) is 0 Å². The molecule has 0 amide bonds. The second kappa shape index (κ2) is 3.72. The minimum atomic E-state index is 0.703. The summed E-state index contributed by atoms with van der Waals surface area (Å²) in [6, 6.07) is 4.02. The summed E-state index contributed by atoms with van der Waals surface area (Å²) < 4.78 is 0. The van der Waals surface area contributed by atoms with Gasteiger partial charge in [0.1, 0.15) is 6.07 Å². The van der Waals surface area contributed by atoms with Gasteiger partial charge in [-0.05, 0) is 18.1 Å². The van der Waals surface area contributed by atoms with E-state index in [4.69, 9.17) is 5.26 Å². The molecule has 0 atom stereocenters. The minimum absolute atomic E-state index is 0.703. The Labute approximate surface area is 66.5 Å². The summed E-state index contributed by atoms with van der Waals surface area (Å²) in [6.07, 6.45) is 5.38. The molecule has 1 aromatic rings. The number of pyridine rings is 1. The van der Waals surface area contributed by atoms with Gasteiger partial charge in [-0.3, -0.25) is 4.98 Å². The van der Waals surface area contributed by atoms with Crippen LogP contribution in [-0.2, 0) is 6.42 Å². The zero-order chi connectivity index (χ0) is 8.10. The normalized spacial score (nSPS) is 9.09. The first-order valence-corrected chi connectivity index (χ1v) is 3.71. The van der Waals surface area contributed by atoms with E-state index in [1.165, 1.54) is 0 Å². The second-order valence-corrected chi connectivity index (χ2v) is 2.39. The van der Waals surface area contributed by atoms with Crippen molar-refractivity contribution in [1.29, 1.82) is 5.26 Å². The average molecular weight is 146 g/mol. The first-order chi connectivity index (χ1) is 5.38. The predicted molar refractivity (Wildman–Crippen MR) is 42.9 cm³/mol. The Morgan fingerprint density at radius 2 is 2.45 bits per heavy atom. The SMILES string of the molecule is CCCc1ccncc1C#N. The zero-order valence-electron chi connectivity index (χ0n) is 6.54. The standard InChI is InChI=1S/C9H10N2/c1-2-3-8-4-5-11-7-9(8)6-10/h4-5,7H,2-3H2,1H3. The number of aromatic nitrogens is 1. The van der Waals surface area contributed by atoms with Crippen LogP contribution in [-0.4, -0.2) is 4.98 Å². The Morgan fingerprint density at radius 3 is 3.09 bits per heavy atom. The summed E-state index contributed by atoms with van der Waals surface area (Å²) in [5, 5.41) is 8.66. The number of nitriles is 1. The Kier molecular flexibility index (Phi) is 2.62. The summed E-state index contributed by atoms with van der Waals surface area (Å²) in [5.74, 6) is 0. The molecule has 56 valence electrons. The fourth-order valence-electron chi connectivity index (χ4n) is 1.01. The molecule has 0 N–H and O–H groups in total. The maximum Gasteiger partial charge on any atom is 0.101 e. The van der Waals surface area contributed by atoms with Crippen LogP contribution < -0.4 is 0 Å². The molecule has 1 rings (SSSR count). The van der Waals surface area contributed by atoms with Crippen LogP contribution in [0.5, 0.6) is 0 Å². The van der Waals surface area contributed by atoms with Crippen molar-refractivity contribution < 1.29 is 0 Å². The summed E-state index contributed by atoms with van der Waals surface area (Å²) in [7, 11) is 0. The number of hydrogen-bond acceptors (Lipinski definition) is 2. The Morgan fingerprint density at radius 1 is 1.64 bits per heavy atom. The molecule has 2 nitrogen and oxygen atoms in total. The van der Waals surface area contributed by atoms with Crippen LogP contribution in [0.3, 0.4) is 0 Å². The van der Waals surface area contributed by atoms with E-state index in [0.717, 1.165) is 18.4 Å². The summed E-state index contributed by atoms with van der Waals surface area (Å²) in [4.78, 5) is 3.88. The summed E-state index contributed by atoms with van der Waals surface area (Å²) >= 11 is 0. The van der Waals surface area contributed by atoms with Crippen LogP contribution in [0.2, 0.25) is 0 Å². The van der Waals surface area contributed by atoms with E-state index >= 15 is 0 Å². The van der Waals surface area contributed by atoms with Gasteiger partial charge in [0.05, 0.1) is 5.56 Å². The van der Waals surface area contributed by atoms with Crippen molar-refractivity contribution >= 4 is 0 Å². The van der Waals surface area contributed by atoms with Crippen LogP contribution >= 0.6 is 0 Å². The molecule has 0 aliphatic rings. The fraction of sp³-hybridized carbons (Fsp3) is 0.333. The molecule has 0 spiro atoms. The topological polar surface area (TPSA) is 36.7 Å². The van der Waals surface area contributed by atoms with E-state index in [1.54, 1.807) is 12.4 Å². The van der Waals surface area contributed by atoms with Crippen LogP contribution in [0.25, 0.3) is 0 Å². The van der Waals surface area contributed by atoms with Crippen molar-refractivity contribution in [2.75, 3.05) is 0 Å². The Bertz CT molecular complexity index is 273. The van der Waals surface area contributed by atoms with Gasteiger partial charge in [0, 0.05) is 12.4 Å². The minimum Gasteiger partial charge on any atom is -0.263 e. The molecule has 0 aliphatic heterocycles. The van der Waals surface area contributed by atoms with Gasteiger partial charge >= 0.3 is 0 Å². The molecule has 0 saturated heterocycles. The van der Waals surface area contributed by atoms with Crippen molar-refractivity contribution in [2.45, 2.75) is 19.8 Å². The van der Waals surface area contributed by atoms with E-state index in [0.29, 0.717) is 5.56 Å². The third-order valence-corrected chi connectivity index (χ3v) is 1.55. The van der Waals surface area contributed by atoms with Gasteiger partial charge in [0.2, 0.25) is 0 Å². The van der Waals surface area contributed by atoms with Crippen LogP contribution in [0.15, 0.2) is 18.5 Å². The maximum absolute atomic E-state index is 8.66. The number of rotatable bonds is 2. The van der Waals surface area contributed by atoms with Gasteiger partial charge in [0.15, 0.2) is 0 Å². The van der Waals surface area contributed by atoms with E-state index < -0.39 is 0 Å². The lowest BCUT2D eigenvalue weighted by Gasteiger charge is -1.98. The predicted octanol–water partition coefficient (Wildman–Crippen LogP) is 1.91. The molecular formula is C9H10N2. The summed E-state index contributed by atoms with van der Waals surface area (Å²) in [6.45, 7) is 2.10. The molecule has 0 bridgehead atoms. The van der Waals surface area contributed by atoms with Crippen molar-refractivity contribution in [3.05, 3.63) is 29.6 Å². The molecule has 0 aliphatic carbocycles. The van der Waals surface area contributed by atoms with Crippen molar-refractivity contribution in [2.24, 2.45) is 0 Å². The number of aryl methyl sites for hydroxylation is 1.